The smallest absolute Gasteiger partial charge is 0.255 e. The third kappa shape index (κ3) is 2.32. The van der Waals surface area contributed by atoms with E-state index in [4.69, 9.17) is 34.8 Å². The van der Waals surface area contributed by atoms with Gasteiger partial charge in [0.25, 0.3) is 5.95 Å². The number of rotatable bonds is 1. The van der Waals surface area contributed by atoms with Gasteiger partial charge in [0.15, 0.2) is 5.75 Å². The Kier molecular flexibility index (Phi) is 3.43. The number of aromatic hydroxyl groups is 1. The number of hydrogen-bond donors (Lipinski definition) is 1. The minimum atomic E-state index is -0.982. The van der Waals surface area contributed by atoms with Crippen LogP contribution < -0.4 is 0 Å². The van der Waals surface area contributed by atoms with Crippen molar-refractivity contribution in [2.75, 3.05) is 0 Å². The van der Waals surface area contributed by atoms with Gasteiger partial charge in [0.05, 0.1) is 10.0 Å². The van der Waals surface area contributed by atoms with Crippen LogP contribution in [0.25, 0.3) is 11.1 Å². The quantitative estimate of drug-likeness (QED) is 0.782. The lowest BCUT2D eigenvalue weighted by Crippen LogP contribution is -1.88. The zero-order valence-electron chi connectivity index (χ0n) is 8.22. The monoisotopic (exact) mass is 291 g/mol. The molecule has 2 nitrogen and oxygen atoms in total. The van der Waals surface area contributed by atoms with Crippen molar-refractivity contribution in [1.82, 2.24) is 4.98 Å². The highest BCUT2D eigenvalue weighted by Crippen LogP contribution is 2.41. The second kappa shape index (κ2) is 4.69. The van der Waals surface area contributed by atoms with Crippen LogP contribution in [0.1, 0.15) is 0 Å². The molecule has 0 aliphatic heterocycles. The SMILES string of the molecule is Oc1c(-c2c(Cl)cc(Cl)cc2Cl)ccnc1F. The second-order valence-corrected chi connectivity index (χ2v) is 4.49. The molecule has 0 atom stereocenters. The number of nitrogens with zero attached hydrogens (tertiary/aromatic N) is 1. The standard InChI is InChI=1S/C11H5Cl3FNO/c12-5-3-7(13)9(8(14)4-5)6-1-2-16-11(15)10(6)17/h1-4,17H. The third-order valence-electron chi connectivity index (χ3n) is 2.16. The zero-order valence-corrected chi connectivity index (χ0v) is 10.5. The van der Waals surface area contributed by atoms with Crippen molar-refractivity contribution in [3.05, 3.63) is 45.4 Å². The highest BCUT2D eigenvalue weighted by molar-refractivity contribution is 6.41. The van der Waals surface area contributed by atoms with Crippen molar-refractivity contribution >= 4 is 34.8 Å². The fourth-order valence-electron chi connectivity index (χ4n) is 1.43. The van der Waals surface area contributed by atoms with Gasteiger partial charge in [-0.25, -0.2) is 4.98 Å². The molecule has 0 unspecified atom stereocenters. The van der Waals surface area contributed by atoms with Crippen LogP contribution in [-0.4, -0.2) is 10.1 Å². The summed E-state index contributed by atoms with van der Waals surface area (Å²) in [7, 11) is 0. The number of benzene rings is 1. The van der Waals surface area contributed by atoms with E-state index in [1.54, 1.807) is 0 Å². The molecular weight excluding hydrogens is 287 g/mol. The number of hydrogen-bond acceptors (Lipinski definition) is 2. The molecule has 2 rings (SSSR count). The van der Waals surface area contributed by atoms with E-state index in [1.165, 1.54) is 24.4 Å². The Bertz CT molecular complexity index is 566. The largest absolute Gasteiger partial charge is 0.503 e. The maximum absolute atomic E-state index is 13.1. The van der Waals surface area contributed by atoms with Crippen LogP contribution in [0.5, 0.6) is 5.75 Å². The molecule has 0 fully saturated rings. The van der Waals surface area contributed by atoms with E-state index >= 15 is 0 Å². The summed E-state index contributed by atoms with van der Waals surface area (Å²) >= 11 is 17.7. The van der Waals surface area contributed by atoms with Gasteiger partial charge in [-0.15, -0.1) is 0 Å². The van der Waals surface area contributed by atoms with Crippen LogP contribution in [0, 0.1) is 5.95 Å². The van der Waals surface area contributed by atoms with Crippen LogP contribution in [0.4, 0.5) is 4.39 Å². The zero-order chi connectivity index (χ0) is 12.6. The normalized spacial score (nSPS) is 10.6. The summed E-state index contributed by atoms with van der Waals surface area (Å²) in [5, 5.41) is 10.4. The molecule has 0 saturated heterocycles. The van der Waals surface area contributed by atoms with Gasteiger partial charge < -0.3 is 5.11 Å². The molecule has 0 saturated carbocycles. The molecule has 2 aromatic rings. The van der Waals surface area contributed by atoms with E-state index in [9.17, 15) is 9.50 Å². The van der Waals surface area contributed by atoms with E-state index in [0.29, 0.717) is 10.6 Å². The number of halogens is 4. The van der Waals surface area contributed by atoms with Crippen LogP contribution in [0.15, 0.2) is 24.4 Å². The second-order valence-electron chi connectivity index (χ2n) is 3.24. The average molecular weight is 293 g/mol. The molecule has 0 spiro atoms. The predicted molar refractivity (Wildman–Crippen MR) is 66.3 cm³/mol. The molecule has 1 aromatic carbocycles. The minimum absolute atomic E-state index is 0.171. The van der Waals surface area contributed by atoms with Crippen molar-refractivity contribution in [3.63, 3.8) is 0 Å². The Morgan fingerprint density at radius 3 is 2.29 bits per heavy atom. The summed E-state index contributed by atoms with van der Waals surface area (Å²) in [6.45, 7) is 0. The van der Waals surface area contributed by atoms with Gasteiger partial charge in [0.2, 0.25) is 0 Å². The van der Waals surface area contributed by atoms with Gasteiger partial charge in [-0.3, -0.25) is 0 Å². The van der Waals surface area contributed by atoms with E-state index in [1.807, 2.05) is 0 Å². The molecule has 1 aromatic heterocycles. The molecule has 0 aliphatic carbocycles. The lowest BCUT2D eigenvalue weighted by Gasteiger charge is -2.09. The van der Waals surface area contributed by atoms with Crippen LogP contribution in [0.2, 0.25) is 15.1 Å². The number of pyridine rings is 1. The first-order chi connectivity index (χ1) is 8.00. The van der Waals surface area contributed by atoms with Gasteiger partial charge >= 0.3 is 0 Å². The summed E-state index contributed by atoms with van der Waals surface area (Å²) in [4.78, 5) is 3.31. The Hall–Kier alpha value is -1.03. The minimum Gasteiger partial charge on any atom is -0.503 e. The maximum atomic E-state index is 13.1. The van der Waals surface area contributed by atoms with Crippen molar-refractivity contribution in [2.45, 2.75) is 0 Å². The molecule has 0 aliphatic rings. The molecule has 88 valence electrons. The predicted octanol–water partition coefficient (Wildman–Crippen LogP) is 4.55. The van der Waals surface area contributed by atoms with Crippen molar-refractivity contribution in [2.24, 2.45) is 0 Å². The van der Waals surface area contributed by atoms with E-state index in [2.05, 4.69) is 4.98 Å². The van der Waals surface area contributed by atoms with E-state index in [-0.39, 0.29) is 15.6 Å². The first-order valence-electron chi connectivity index (χ1n) is 4.49. The van der Waals surface area contributed by atoms with E-state index < -0.39 is 11.7 Å². The lowest BCUT2D eigenvalue weighted by molar-refractivity contribution is 0.421. The van der Waals surface area contributed by atoms with Crippen LogP contribution in [0.3, 0.4) is 0 Å². The van der Waals surface area contributed by atoms with Crippen molar-refractivity contribution in [3.8, 4) is 16.9 Å². The van der Waals surface area contributed by atoms with Crippen LogP contribution >= 0.6 is 34.8 Å². The first-order valence-corrected chi connectivity index (χ1v) is 5.62. The maximum Gasteiger partial charge on any atom is 0.255 e. The van der Waals surface area contributed by atoms with Crippen molar-refractivity contribution in [1.29, 1.82) is 0 Å². The average Bonchev–Trinajstić information content (AvgIpc) is 2.23. The fourth-order valence-corrected chi connectivity index (χ4v) is 2.45. The molecule has 6 heteroatoms. The first kappa shape index (κ1) is 12.4. The Balaban J connectivity index is 2.73. The molecule has 1 heterocycles. The van der Waals surface area contributed by atoms with Gasteiger partial charge in [-0.05, 0) is 18.2 Å². The van der Waals surface area contributed by atoms with Crippen LogP contribution in [-0.2, 0) is 0 Å². The summed E-state index contributed by atoms with van der Waals surface area (Å²) in [6, 6.07) is 4.34. The summed E-state index contributed by atoms with van der Waals surface area (Å²) < 4.78 is 13.1. The Morgan fingerprint density at radius 1 is 1.12 bits per heavy atom. The van der Waals surface area contributed by atoms with Gasteiger partial charge in [-0.1, -0.05) is 34.8 Å². The van der Waals surface area contributed by atoms with Crippen molar-refractivity contribution < 1.29 is 9.50 Å². The Morgan fingerprint density at radius 2 is 1.71 bits per heavy atom. The lowest BCUT2D eigenvalue weighted by atomic mass is 10.1. The highest BCUT2D eigenvalue weighted by Gasteiger charge is 2.16. The summed E-state index contributed by atoms with van der Waals surface area (Å²) in [5.41, 5.74) is 0.487. The molecular formula is C11H5Cl3FNO. The topological polar surface area (TPSA) is 33.1 Å². The highest BCUT2D eigenvalue weighted by atomic mass is 35.5. The van der Waals surface area contributed by atoms with Gasteiger partial charge in [0.1, 0.15) is 0 Å². The molecule has 17 heavy (non-hydrogen) atoms. The molecule has 0 amide bonds. The molecule has 0 radical (unpaired) electrons. The Labute approximate surface area is 112 Å². The summed E-state index contributed by atoms with van der Waals surface area (Å²) in [6.07, 6.45) is 1.21. The fraction of sp³-hybridized carbons (Fsp3) is 0. The number of aromatic nitrogens is 1. The third-order valence-corrected chi connectivity index (χ3v) is 2.97. The summed E-state index contributed by atoms with van der Waals surface area (Å²) in [5.74, 6) is -1.58. The van der Waals surface area contributed by atoms with Gasteiger partial charge in [0, 0.05) is 22.3 Å². The molecule has 1 N–H and O–H groups in total. The van der Waals surface area contributed by atoms with E-state index in [0.717, 1.165) is 0 Å². The van der Waals surface area contributed by atoms with Gasteiger partial charge in [-0.2, -0.15) is 4.39 Å². The molecule has 0 bridgehead atoms.